The van der Waals surface area contributed by atoms with Gasteiger partial charge in [0.05, 0.1) is 50.7 Å². The fourth-order valence-electron chi connectivity index (χ4n) is 4.61. The van der Waals surface area contributed by atoms with E-state index < -0.39 is 54.3 Å². The summed E-state index contributed by atoms with van der Waals surface area (Å²) in [5.41, 5.74) is 1.39. The lowest BCUT2D eigenvalue weighted by Gasteiger charge is -2.16. The lowest BCUT2D eigenvalue weighted by molar-refractivity contribution is -0.151. The average molecular weight is 681 g/mol. The maximum atomic E-state index is 12.7. The molecule has 2 saturated heterocycles. The first-order valence-corrected chi connectivity index (χ1v) is 15.4. The number of carbonyl (C=O) groups excluding carboxylic acids is 5. The summed E-state index contributed by atoms with van der Waals surface area (Å²) in [6, 6.07) is 10.8. The van der Waals surface area contributed by atoms with Gasteiger partial charge in [0.2, 0.25) is 0 Å². The van der Waals surface area contributed by atoms with E-state index in [-0.39, 0.29) is 57.2 Å². The second-order valence-electron chi connectivity index (χ2n) is 10.7. The minimum Gasteiger partial charge on any atom is -0.462 e. The Kier molecular flexibility index (Phi) is 13.7. The van der Waals surface area contributed by atoms with Gasteiger partial charge < -0.3 is 38.3 Å². The normalized spacial score (nSPS) is 19.7. The first kappa shape index (κ1) is 36.6. The fourth-order valence-corrected chi connectivity index (χ4v) is 4.61. The first-order valence-electron chi connectivity index (χ1n) is 15.4. The van der Waals surface area contributed by atoms with Crippen molar-refractivity contribution in [3.8, 4) is 5.75 Å². The maximum Gasteiger partial charge on any atom is 0.341 e. The van der Waals surface area contributed by atoms with Crippen molar-refractivity contribution in [1.29, 1.82) is 0 Å². The number of carbonyl (C=O) groups is 5. The Morgan fingerprint density at radius 3 is 2.24 bits per heavy atom. The highest BCUT2D eigenvalue weighted by Gasteiger charge is 2.49. The highest BCUT2D eigenvalue weighted by molar-refractivity contribution is 5.96. The minimum atomic E-state index is -0.784. The SMILES string of the molecule is C=CC(=O)OCCOC(=O)CCC(=O)Oc1ccc(/C=N/N=C/c2ccc(C(=O)O[C@@H]3COC4C3OC[C@H]4O)cc2)cc1C(=O)OCCC. The number of aliphatic hydroxyl groups is 1. The summed E-state index contributed by atoms with van der Waals surface area (Å²) in [4.78, 5) is 60.6. The number of fused-ring (bicyclic) bond motifs is 1. The van der Waals surface area contributed by atoms with Gasteiger partial charge >= 0.3 is 29.8 Å². The molecule has 49 heavy (non-hydrogen) atoms. The molecule has 2 aromatic rings. The van der Waals surface area contributed by atoms with Crippen LogP contribution in [0.15, 0.2) is 65.3 Å². The summed E-state index contributed by atoms with van der Waals surface area (Å²) < 4.78 is 36.6. The van der Waals surface area contributed by atoms with Crippen molar-refractivity contribution >= 4 is 42.3 Å². The van der Waals surface area contributed by atoms with Crippen molar-refractivity contribution in [1.82, 2.24) is 0 Å². The van der Waals surface area contributed by atoms with Crippen LogP contribution in [0.5, 0.6) is 5.75 Å². The third-order valence-corrected chi connectivity index (χ3v) is 7.04. The van der Waals surface area contributed by atoms with Crippen LogP contribution in [0.1, 0.15) is 58.0 Å². The van der Waals surface area contributed by atoms with E-state index >= 15 is 0 Å². The summed E-state index contributed by atoms with van der Waals surface area (Å²) in [7, 11) is 0. The Balaban J connectivity index is 1.30. The second kappa shape index (κ2) is 18.3. The third kappa shape index (κ3) is 10.9. The average Bonchev–Trinajstić information content (AvgIpc) is 3.69. The minimum absolute atomic E-state index is 0.0285. The second-order valence-corrected chi connectivity index (χ2v) is 10.7. The van der Waals surface area contributed by atoms with Crippen LogP contribution in [0.4, 0.5) is 0 Å². The van der Waals surface area contributed by atoms with Gasteiger partial charge in [-0.2, -0.15) is 10.2 Å². The fraction of sp³-hybridized carbons (Fsp3) is 0.382. The van der Waals surface area contributed by atoms with E-state index in [0.29, 0.717) is 23.1 Å². The predicted octanol–water partition coefficient (Wildman–Crippen LogP) is 2.35. The van der Waals surface area contributed by atoms with Crippen LogP contribution in [0.2, 0.25) is 0 Å². The van der Waals surface area contributed by atoms with Crippen molar-refractivity contribution in [2.45, 2.75) is 50.6 Å². The number of nitrogens with zero attached hydrogens (tertiary/aromatic N) is 2. The highest BCUT2D eigenvalue weighted by Crippen LogP contribution is 2.29. The van der Waals surface area contributed by atoms with E-state index in [1.807, 2.05) is 6.92 Å². The lowest BCUT2D eigenvalue weighted by atomic mass is 10.1. The van der Waals surface area contributed by atoms with Crippen LogP contribution in [-0.4, -0.2) is 105 Å². The van der Waals surface area contributed by atoms with Crippen molar-refractivity contribution in [2.75, 3.05) is 33.0 Å². The summed E-state index contributed by atoms with van der Waals surface area (Å²) in [5, 5.41) is 17.9. The molecule has 2 aliphatic rings. The van der Waals surface area contributed by atoms with Gasteiger partial charge in [0, 0.05) is 6.08 Å². The van der Waals surface area contributed by atoms with Gasteiger partial charge in [0.1, 0.15) is 42.8 Å². The Morgan fingerprint density at radius 2 is 1.51 bits per heavy atom. The van der Waals surface area contributed by atoms with Gasteiger partial charge in [-0.3, -0.25) is 9.59 Å². The molecule has 15 heteroatoms. The largest absolute Gasteiger partial charge is 0.462 e. The van der Waals surface area contributed by atoms with Gasteiger partial charge in [-0.15, -0.1) is 0 Å². The Hall–Kier alpha value is -5.25. The molecule has 2 fully saturated rings. The molecular weight excluding hydrogens is 644 g/mol. The number of ether oxygens (including phenoxy) is 7. The van der Waals surface area contributed by atoms with Crippen LogP contribution in [0, 0.1) is 0 Å². The molecule has 0 aromatic heterocycles. The molecule has 0 amide bonds. The van der Waals surface area contributed by atoms with Gasteiger partial charge in [-0.05, 0) is 47.9 Å². The number of hydrogen-bond donors (Lipinski definition) is 1. The van der Waals surface area contributed by atoms with E-state index in [1.165, 1.54) is 24.6 Å². The molecule has 2 aliphatic heterocycles. The number of esters is 5. The molecule has 0 aliphatic carbocycles. The van der Waals surface area contributed by atoms with E-state index in [2.05, 4.69) is 16.8 Å². The molecule has 0 bridgehead atoms. The Morgan fingerprint density at radius 1 is 0.837 bits per heavy atom. The zero-order chi connectivity index (χ0) is 35.2. The van der Waals surface area contributed by atoms with E-state index in [9.17, 15) is 29.1 Å². The summed E-state index contributed by atoms with van der Waals surface area (Å²) in [6.07, 6.45) is 1.42. The molecule has 15 nitrogen and oxygen atoms in total. The van der Waals surface area contributed by atoms with Gasteiger partial charge in [-0.25, -0.2) is 14.4 Å². The van der Waals surface area contributed by atoms with Crippen LogP contribution < -0.4 is 4.74 Å². The Labute approximate surface area is 281 Å². The third-order valence-electron chi connectivity index (χ3n) is 7.04. The number of hydrogen-bond acceptors (Lipinski definition) is 15. The molecule has 1 N–H and O–H groups in total. The van der Waals surface area contributed by atoms with Crippen LogP contribution in [0.3, 0.4) is 0 Å². The van der Waals surface area contributed by atoms with Crippen molar-refractivity contribution in [3.63, 3.8) is 0 Å². The molecule has 260 valence electrons. The molecule has 0 spiro atoms. The molecule has 0 saturated carbocycles. The molecule has 2 aromatic carbocycles. The topological polar surface area (TPSA) is 195 Å². The van der Waals surface area contributed by atoms with Crippen LogP contribution >= 0.6 is 0 Å². The smallest absolute Gasteiger partial charge is 0.341 e. The van der Waals surface area contributed by atoms with Crippen molar-refractivity contribution in [3.05, 3.63) is 77.4 Å². The molecule has 4 rings (SSSR count). The van der Waals surface area contributed by atoms with Crippen molar-refractivity contribution < 1.29 is 62.2 Å². The van der Waals surface area contributed by atoms with E-state index in [1.54, 1.807) is 30.3 Å². The zero-order valence-electron chi connectivity index (χ0n) is 26.7. The monoisotopic (exact) mass is 680 g/mol. The molecule has 4 atom stereocenters. The molecule has 0 radical (unpaired) electrons. The number of aliphatic hydroxyl groups excluding tert-OH is 1. The van der Waals surface area contributed by atoms with Gasteiger partial charge in [0.25, 0.3) is 0 Å². The first-order chi connectivity index (χ1) is 23.7. The summed E-state index contributed by atoms with van der Waals surface area (Å²) >= 11 is 0. The lowest BCUT2D eigenvalue weighted by Crippen LogP contribution is -2.34. The summed E-state index contributed by atoms with van der Waals surface area (Å²) in [5.74, 6) is -3.47. The van der Waals surface area contributed by atoms with Gasteiger partial charge in [0.15, 0.2) is 6.10 Å². The summed E-state index contributed by atoms with van der Waals surface area (Å²) in [6.45, 7) is 5.17. The van der Waals surface area contributed by atoms with E-state index in [0.717, 1.165) is 6.08 Å². The molecular formula is C34H36N2O13. The van der Waals surface area contributed by atoms with E-state index in [4.69, 9.17) is 33.2 Å². The molecule has 2 heterocycles. The van der Waals surface area contributed by atoms with Crippen molar-refractivity contribution in [2.24, 2.45) is 10.2 Å². The predicted molar refractivity (Wildman–Crippen MR) is 170 cm³/mol. The van der Waals surface area contributed by atoms with Crippen LogP contribution in [-0.2, 0) is 42.8 Å². The van der Waals surface area contributed by atoms with Gasteiger partial charge in [-0.1, -0.05) is 25.6 Å². The number of benzene rings is 2. The zero-order valence-corrected chi connectivity index (χ0v) is 26.7. The highest BCUT2D eigenvalue weighted by atomic mass is 16.6. The standard InChI is InChI=1S/C34H36N2O13/c1-3-13-45-34(42)24-16-22(7-10-26(24)48-30(40)12-11-29(39)44-15-14-43-28(38)4-2)18-36-35-17-21-5-8-23(9-6-21)33(41)49-27-20-47-31-25(37)19-46-32(27)31/h4-10,16-18,25,27,31-32,37H,2-3,11-15,19-20H2,1H3/b35-17+,36-18+/t25-,27-,31?,32?/m1/s1. The Bertz CT molecular complexity index is 1570. The quantitative estimate of drug-likeness (QED) is 0.0517. The maximum absolute atomic E-state index is 12.7. The number of rotatable bonds is 16. The van der Waals surface area contributed by atoms with Crippen LogP contribution in [0.25, 0.3) is 0 Å². The molecule has 2 unspecified atom stereocenters.